The number of rotatable bonds is 8. The smallest absolute Gasteiger partial charge is 0.251 e. The van der Waals surface area contributed by atoms with Crippen LogP contribution in [-0.4, -0.2) is 37.8 Å². The van der Waals surface area contributed by atoms with E-state index >= 15 is 0 Å². The molecule has 0 saturated carbocycles. The Morgan fingerprint density at radius 3 is 2.41 bits per heavy atom. The molecule has 0 aliphatic carbocycles. The number of aliphatic imine (C=N–C) groups is 1. The molecule has 2 aromatic rings. The first-order valence-corrected chi connectivity index (χ1v) is 10.2. The predicted molar refractivity (Wildman–Crippen MR) is 115 cm³/mol. The summed E-state index contributed by atoms with van der Waals surface area (Å²) in [6.45, 7) is 4.19. The van der Waals surface area contributed by atoms with Gasteiger partial charge in [0.1, 0.15) is 0 Å². The van der Waals surface area contributed by atoms with E-state index in [4.69, 9.17) is 11.6 Å². The number of halogens is 1. The lowest BCUT2D eigenvalue weighted by Gasteiger charge is -2.11. The number of thioether (sulfide) groups is 1. The van der Waals surface area contributed by atoms with Crippen molar-refractivity contribution in [3.63, 3.8) is 0 Å². The molecule has 0 atom stereocenters. The van der Waals surface area contributed by atoms with Crippen molar-refractivity contribution < 1.29 is 4.79 Å². The number of carbonyl (C=O) groups is 1. The van der Waals surface area contributed by atoms with Crippen LogP contribution in [-0.2, 0) is 6.54 Å². The largest absolute Gasteiger partial charge is 0.357 e. The number of benzene rings is 2. The Bertz CT molecular complexity index is 748. The lowest BCUT2D eigenvalue weighted by molar-refractivity contribution is 0.0963. The summed E-state index contributed by atoms with van der Waals surface area (Å²) in [6, 6.07) is 15.3. The molecule has 0 unspecified atom stereocenters. The zero-order chi connectivity index (χ0) is 19.5. The second-order valence-corrected chi connectivity index (χ2v) is 7.31. The highest BCUT2D eigenvalue weighted by molar-refractivity contribution is 7.99. The molecule has 0 aliphatic rings. The van der Waals surface area contributed by atoms with Gasteiger partial charge in [-0.25, -0.2) is 4.99 Å². The van der Waals surface area contributed by atoms with Crippen LogP contribution in [0.3, 0.4) is 0 Å². The highest BCUT2D eigenvalue weighted by Gasteiger charge is 2.03. The summed E-state index contributed by atoms with van der Waals surface area (Å²) in [7, 11) is 1.63. The molecule has 0 saturated heterocycles. The van der Waals surface area contributed by atoms with Gasteiger partial charge < -0.3 is 16.0 Å². The minimum atomic E-state index is -0.0850. The molecule has 27 heavy (non-hydrogen) atoms. The SMILES string of the molecule is CCNC(=NCc1ccc(C(=O)NC)cc1)NCCSc1ccc(Cl)cc1. The fourth-order valence-corrected chi connectivity index (χ4v) is 3.18. The molecule has 0 heterocycles. The first-order chi connectivity index (χ1) is 13.1. The van der Waals surface area contributed by atoms with Crippen molar-refractivity contribution in [2.75, 3.05) is 25.9 Å². The molecule has 5 nitrogen and oxygen atoms in total. The molecule has 2 rings (SSSR count). The number of hydrogen-bond acceptors (Lipinski definition) is 3. The average Bonchev–Trinajstić information content (AvgIpc) is 2.70. The minimum absolute atomic E-state index is 0.0850. The molecule has 1 amide bonds. The summed E-state index contributed by atoms with van der Waals surface area (Å²) in [5, 5.41) is 9.95. The summed E-state index contributed by atoms with van der Waals surface area (Å²) >= 11 is 7.67. The van der Waals surface area contributed by atoms with Crippen molar-refractivity contribution in [2.24, 2.45) is 4.99 Å². The summed E-state index contributed by atoms with van der Waals surface area (Å²) < 4.78 is 0. The molecular weight excluding hydrogens is 380 g/mol. The predicted octanol–water partition coefficient (Wildman–Crippen LogP) is 3.55. The van der Waals surface area contributed by atoms with E-state index in [1.54, 1.807) is 18.8 Å². The Labute approximate surface area is 170 Å². The van der Waals surface area contributed by atoms with Gasteiger partial charge in [0.2, 0.25) is 0 Å². The molecule has 0 fully saturated rings. The lowest BCUT2D eigenvalue weighted by atomic mass is 10.1. The number of carbonyl (C=O) groups excluding carboxylic acids is 1. The maximum Gasteiger partial charge on any atom is 0.251 e. The fourth-order valence-electron chi connectivity index (χ4n) is 2.29. The molecule has 144 valence electrons. The summed E-state index contributed by atoms with van der Waals surface area (Å²) in [4.78, 5) is 17.4. The Morgan fingerprint density at radius 1 is 1.07 bits per heavy atom. The van der Waals surface area contributed by atoms with Gasteiger partial charge in [-0.3, -0.25) is 4.79 Å². The van der Waals surface area contributed by atoms with Crippen molar-refractivity contribution >= 4 is 35.2 Å². The standard InChI is InChI=1S/C20H25ClN4OS/c1-3-23-20(24-12-13-27-18-10-8-17(21)9-11-18)25-14-15-4-6-16(7-5-15)19(26)22-2/h4-11H,3,12-14H2,1-2H3,(H,22,26)(H2,23,24,25). The maximum absolute atomic E-state index is 11.6. The zero-order valence-electron chi connectivity index (χ0n) is 15.6. The van der Waals surface area contributed by atoms with Gasteiger partial charge in [-0.15, -0.1) is 11.8 Å². The molecule has 0 spiro atoms. The van der Waals surface area contributed by atoms with E-state index < -0.39 is 0 Å². The van der Waals surface area contributed by atoms with E-state index in [-0.39, 0.29) is 5.91 Å². The van der Waals surface area contributed by atoms with Crippen molar-refractivity contribution in [3.05, 3.63) is 64.7 Å². The molecule has 0 bridgehead atoms. The monoisotopic (exact) mass is 404 g/mol. The summed E-state index contributed by atoms with van der Waals surface area (Å²) in [5.74, 6) is 1.62. The Morgan fingerprint density at radius 2 is 1.78 bits per heavy atom. The highest BCUT2D eigenvalue weighted by Crippen LogP contribution is 2.19. The zero-order valence-corrected chi connectivity index (χ0v) is 17.2. The summed E-state index contributed by atoms with van der Waals surface area (Å²) in [5.41, 5.74) is 1.70. The van der Waals surface area contributed by atoms with Gasteiger partial charge in [0.25, 0.3) is 5.91 Å². The van der Waals surface area contributed by atoms with Crippen molar-refractivity contribution in [1.82, 2.24) is 16.0 Å². The Balaban J connectivity index is 1.82. The van der Waals surface area contributed by atoms with Crippen LogP contribution in [0.4, 0.5) is 0 Å². The van der Waals surface area contributed by atoms with Crippen molar-refractivity contribution in [2.45, 2.75) is 18.4 Å². The van der Waals surface area contributed by atoms with Crippen LogP contribution in [0.25, 0.3) is 0 Å². The van der Waals surface area contributed by atoms with Gasteiger partial charge in [-0.05, 0) is 48.9 Å². The van der Waals surface area contributed by atoms with E-state index in [1.165, 1.54) is 4.90 Å². The number of hydrogen-bond donors (Lipinski definition) is 3. The number of amides is 1. The second kappa shape index (κ2) is 11.5. The van der Waals surface area contributed by atoms with Gasteiger partial charge in [0, 0.05) is 41.4 Å². The third-order valence-corrected chi connectivity index (χ3v) is 4.95. The molecule has 2 aromatic carbocycles. The minimum Gasteiger partial charge on any atom is -0.357 e. The molecule has 0 aromatic heterocycles. The van der Waals surface area contributed by atoms with Gasteiger partial charge in [-0.2, -0.15) is 0 Å². The van der Waals surface area contributed by atoms with Gasteiger partial charge in [-0.1, -0.05) is 23.7 Å². The normalized spacial score (nSPS) is 11.1. The van der Waals surface area contributed by atoms with E-state index in [9.17, 15) is 4.79 Å². The summed E-state index contributed by atoms with van der Waals surface area (Å²) in [6.07, 6.45) is 0. The van der Waals surface area contributed by atoms with Crippen LogP contribution in [0.15, 0.2) is 58.4 Å². The van der Waals surface area contributed by atoms with Gasteiger partial charge >= 0.3 is 0 Å². The van der Waals surface area contributed by atoms with Crippen LogP contribution in [0.2, 0.25) is 5.02 Å². The third-order valence-electron chi connectivity index (χ3n) is 3.68. The Kier molecular flexibility index (Phi) is 9.01. The Hall–Kier alpha value is -2.18. The van der Waals surface area contributed by atoms with Crippen LogP contribution < -0.4 is 16.0 Å². The van der Waals surface area contributed by atoms with Crippen LogP contribution in [0.1, 0.15) is 22.8 Å². The van der Waals surface area contributed by atoms with E-state index in [1.807, 2.05) is 55.5 Å². The first-order valence-electron chi connectivity index (χ1n) is 8.84. The quantitative estimate of drug-likeness (QED) is 0.272. The van der Waals surface area contributed by atoms with Crippen LogP contribution >= 0.6 is 23.4 Å². The van der Waals surface area contributed by atoms with Crippen molar-refractivity contribution in [3.8, 4) is 0 Å². The molecule has 7 heteroatoms. The molecule has 3 N–H and O–H groups in total. The van der Waals surface area contributed by atoms with E-state index in [0.29, 0.717) is 12.1 Å². The van der Waals surface area contributed by atoms with E-state index in [2.05, 4.69) is 20.9 Å². The number of guanidine groups is 1. The van der Waals surface area contributed by atoms with Crippen LogP contribution in [0.5, 0.6) is 0 Å². The van der Waals surface area contributed by atoms with Gasteiger partial charge in [0.15, 0.2) is 5.96 Å². The van der Waals surface area contributed by atoms with Crippen molar-refractivity contribution in [1.29, 1.82) is 0 Å². The highest BCUT2D eigenvalue weighted by atomic mass is 35.5. The second-order valence-electron chi connectivity index (χ2n) is 5.70. The molecule has 0 aliphatic heterocycles. The molecular formula is C20H25ClN4OS. The maximum atomic E-state index is 11.6. The number of nitrogens with zero attached hydrogens (tertiary/aromatic N) is 1. The number of nitrogens with one attached hydrogen (secondary N) is 3. The van der Waals surface area contributed by atoms with E-state index in [0.717, 1.165) is 35.4 Å². The molecule has 0 radical (unpaired) electrons. The van der Waals surface area contributed by atoms with Crippen LogP contribution in [0, 0.1) is 0 Å². The average molecular weight is 405 g/mol. The van der Waals surface area contributed by atoms with Gasteiger partial charge in [0.05, 0.1) is 6.54 Å². The fraction of sp³-hybridized carbons (Fsp3) is 0.300. The lowest BCUT2D eigenvalue weighted by Crippen LogP contribution is -2.38. The first kappa shape index (κ1) is 21.1. The topological polar surface area (TPSA) is 65.5 Å². The third kappa shape index (κ3) is 7.53.